The van der Waals surface area contributed by atoms with Crippen LogP contribution in [0, 0.1) is 0 Å². The number of benzene rings is 1. The Hall–Kier alpha value is -0.930. The van der Waals surface area contributed by atoms with Crippen LogP contribution in [-0.4, -0.2) is 35.5 Å². The second-order valence-electron chi connectivity index (χ2n) is 2.74. The van der Waals surface area contributed by atoms with Gasteiger partial charge in [-0.05, 0) is 12.1 Å². The summed E-state index contributed by atoms with van der Waals surface area (Å²) < 4.78 is 37.8. The summed E-state index contributed by atoms with van der Waals surface area (Å²) in [5, 5.41) is 9.51. The van der Waals surface area contributed by atoms with Crippen molar-refractivity contribution >= 4 is 21.2 Å². The van der Waals surface area contributed by atoms with E-state index in [-0.39, 0.29) is 33.6 Å². The Morgan fingerprint density at radius 3 is 2.62 bits per heavy atom. The van der Waals surface area contributed by atoms with Gasteiger partial charge in [-0.3, -0.25) is 0 Å². The molecule has 1 heterocycles. The summed E-state index contributed by atoms with van der Waals surface area (Å²) in [6.07, 6.45) is 0. The molecule has 0 radical (unpaired) electrons. The maximum atomic E-state index is 11.0. The predicted molar refractivity (Wildman–Crippen MR) is 48.4 cm³/mol. The van der Waals surface area contributed by atoms with Crippen molar-refractivity contribution in [2.75, 3.05) is 7.11 Å². The van der Waals surface area contributed by atoms with Crippen LogP contribution in [0.3, 0.4) is 0 Å². The van der Waals surface area contributed by atoms with Gasteiger partial charge in [0.25, 0.3) is 0 Å². The summed E-state index contributed by atoms with van der Waals surface area (Å²) in [5.74, 6) is -0.0357. The maximum absolute atomic E-state index is 11.0. The fourth-order valence-corrected chi connectivity index (χ4v) is 2.06. The second-order valence-corrected chi connectivity index (χ2v) is 4.06. The Morgan fingerprint density at radius 2 is 2.06 bits per heavy atom. The van der Waals surface area contributed by atoms with Gasteiger partial charge in [-0.1, -0.05) is 0 Å². The fourth-order valence-electron chi connectivity index (χ4n) is 1.27. The standard InChI is InChI=1S/C7H7N3O4S.Ag/c1-14-5-3-2-4-6(9-10-8-4)7(5)15(11,12)13;/h2-3H,1H3,(H,8,9,10)(H,11,12,13);/q;+1/p-1. The van der Waals surface area contributed by atoms with Crippen LogP contribution in [0.25, 0.3) is 11.0 Å². The molecule has 0 aliphatic carbocycles. The van der Waals surface area contributed by atoms with E-state index in [4.69, 9.17) is 4.74 Å². The van der Waals surface area contributed by atoms with Gasteiger partial charge in [0.05, 0.1) is 7.11 Å². The molecule has 90 valence electrons. The van der Waals surface area contributed by atoms with Crippen molar-refractivity contribution < 1.29 is 40.1 Å². The Kier molecular flexibility index (Phi) is 3.71. The van der Waals surface area contributed by atoms with E-state index in [1.807, 2.05) is 0 Å². The van der Waals surface area contributed by atoms with E-state index in [2.05, 4.69) is 15.4 Å². The van der Waals surface area contributed by atoms with Crippen LogP contribution in [0.1, 0.15) is 0 Å². The number of H-pyrrole nitrogens is 1. The first kappa shape index (κ1) is 13.1. The maximum Gasteiger partial charge on any atom is 1.00 e. The number of ether oxygens (including phenoxy) is 1. The molecule has 1 aromatic carbocycles. The third-order valence-electron chi connectivity index (χ3n) is 1.88. The number of fused-ring (bicyclic) bond motifs is 1. The molecule has 2 rings (SSSR count). The molecule has 2 aromatic rings. The fraction of sp³-hybridized carbons (Fsp3) is 0.143. The summed E-state index contributed by atoms with van der Waals surface area (Å²) in [6, 6.07) is 2.86. The molecule has 9 heteroatoms. The molecule has 1 aromatic heterocycles. The van der Waals surface area contributed by atoms with Crippen LogP contribution >= 0.6 is 0 Å². The van der Waals surface area contributed by atoms with Crippen LogP contribution in [0.5, 0.6) is 5.75 Å². The summed E-state index contributed by atoms with van der Waals surface area (Å²) in [6.45, 7) is 0. The first-order valence-electron chi connectivity index (χ1n) is 3.87. The van der Waals surface area contributed by atoms with Gasteiger partial charge < -0.3 is 9.29 Å². The molecular formula is C7H6AgN3O4S. The summed E-state index contributed by atoms with van der Waals surface area (Å²) in [5.41, 5.74) is 0.287. The normalized spacial score (nSPS) is 11.1. The molecule has 0 unspecified atom stereocenters. The quantitative estimate of drug-likeness (QED) is 0.604. The number of nitrogens with zero attached hydrogens (tertiary/aromatic N) is 2. The average molecular weight is 336 g/mol. The number of aromatic nitrogens is 3. The van der Waals surface area contributed by atoms with Crippen LogP contribution in [-0.2, 0) is 32.5 Å². The van der Waals surface area contributed by atoms with Crippen molar-refractivity contribution in [2.45, 2.75) is 4.90 Å². The van der Waals surface area contributed by atoms with Crippen molar-refractivity contribution in [1.29, 1.82) is 0 Å². The van der Waals surface area contributed by atoms with Gasteiger partial charge in [0.15, 0.2) is 0 Å². The minimum Gasteiger partial charge on any atom is -0.744 e. The average Bonchev–Trinajstić information content (AvgIpc) is 2.61. The molecule has 0 saturated heterocycles. The zero-order valence-electron chi connectivity index (χ0n) is 7.89. The van der Waals surface area contributed by atoms with Gasteiger partial charge in [0.1, 0.15) is 31.8 Å². The van der Waals surface area contributed by atoms with Gasteiger partial charge in [-0.15, -0.1) is 0 Å². The van der Waals surface area contributed by atoms with E-state index in [1.165, 1.54) is 19.2 Å². The third kappa shape index (κ3) is 2.11. The van der Waals surface area contributed by atoms with Crippen molar-refractivity contribution in [1.82, 2.24) is 15.4 Å². The number of nitrogens with one attached hydrogen (secondary N) is 1. The van der Waals surface area contributed by atoms with E-state index >= 15 is 0 Å². The molecule has 0 amide bonds. The Bertz CT molecular complexity index is 609. The van der Waals surface area contributed by atoms with E-state index in [1.54, 1.807) is 0 Å². The van der Waals surface area contributed by atoms with Crippen molar-refractivity contribution in [3.63, 3.8) is 0 Å². The Labute approximate surface area is 106 Å². The first-order chi connectivity index (χ1) is 7.04. The van der Waals surface area contributed by atoms with Gasteiger partial charge in [0.2, 0.25) is 0 Å². The van der Waals surface area contributed by atoms with E-state index in [0.29, 0.717) is 5.52 Å². The number of methoxy groups -OCH3 is 1. The molecule has 16 heavy (non-hydrogen) atoms. The first-order valence-corrected chi connectivity index (χ1v) is 5.28. The zero-order valence-corrected chi connectivity index (χ0v) is 10.2. The number of hydrogen-bond donors (Lipinski definition) is 1. The molecule has 0 spiro atoms. The second kappa shape index (κ2) is 4.52. The summed E-state index contributed by atoms with van der Waals surface area (Å²) in [7, 11) is -3.37. The van der Waals surface area contributed by atoms with Crippen molar-refractivity contribution in [3.05, 3.63) is 12.1 Å². The zero-order chi connectivity index (χ0) is 11.1. The van der Waals surface area contributed by atoms with Gasteiger partial charge in [-0.2, -0.15) is 15.4 Å². The topological polar surface area (TPSA) is 108 Å². The van der Waals surface area contributed by atoms with Crippen LogP contribution in [0.4, 0.5) is 0 Å². The third-order valence-corrected chi connectivity index (χ3v) is 2.77. The summed E-state index contributed by atoms with van der Waals surface area (Å²) >= 11 is 0. The molecule has 0 fully saturated rings. The number of hydrogen-bond acceptors (Lipinski definition) is 6. The van der Waals surface area contributed by atoms with Gasteiger partial charge >= 0.3 is 22.4 Å². The molecule has 0 atom stereocenters. The van der Waals surface area contributed by atoms with E-state index in [0.717, 1.165) is 0 Å². The minimum absolute atomic E-state index is 0. The van der Waals surface area contributed by atoms with E-state index in [9.17, 15) is 13.0 Å². The van der Waals surface area contributed by atoms with Crippen LogP contribution in [0.2, 0.25) is 0 Å². The molecule has 0 aliphatic rings. The molecule has 7 nitrogen and oxygen atoms in total. The molecule has 0 saturated carbocycles. The molecular weight excluding hydrogens is 330 g/mol. The monoisotopic (exact) mass is 335 g/mol. The smallest absolute Gasteiger partial charge is 0.744 e. The molecule has 1 N–H and O–H groups in total. The largest absolute Gasteiger partial charge is 1.00 e. The SMILES string of the molecule is COc1ccc2n[nH]nc2c1S(=O)(=O)[O-].[Ag+]. The van der Waals surface area contributed by atoms with E-state index < -0.39 is 15.0 Å². The van der Waals surface area contributed by atoms with Crippen molar-refractivity contribution in [2.24, 2.45) is 0 Å². The predicted octanol–water partition coefficient (Wildman–Crippen LogP) is -0.132. The molecule has 0 bridgehead atoms. The van der Waals surface area contributed by atoms with Gasteiger partial charge in [-0.25, -0.2) is 8.42 Å². The number of rotatable bonds is 2. The van der Waals surface area contributed by atoms with Gasteiger partial charge in [0, 0.05) is 0 Å². The number of aromatic amines is 1. The Morgan fingerprint density at radius 1 is 1.38 bits per heavy atom. The molecule has 0 aliphatic heterocycles. The van der Waals surface area contributed by atoms with Crippen molar-refractivity contribution in [3.8, 4) is 5.75 Å². The minimum atomic E-state index is -4.64. The summed E-state index contributed by atoms with van der Waals surface area (Å²) in [4.78, 5) is -0.490. The Balaban J connectivity index is 0.00000128. The van der Waals surface area contributed by atoms with Crippen LogP contribution in [0.15, 0.2) is 17.0 Å². The van der Waals surface area contributed by atoms with Crippen LogP contribution < -0.4 is 4.74 Å².